The summed E-state index contributed by atoms with van der Waals surface area (Å²) < 4.78 is 21.2. The van der Waals surface area contributed by atoms with Crippen molar-refractivity contribution >= 4 is 17.0 Å². The Hall–Kier alpha value is -1.91. The third-order valence-electron chi connectivity index (χ3n) is 4.35. The topological polar surface area (TPSA) is 44.1 Å². The lowest BCUT2D eigenvalue weighted by Crippen LogP contribution is -2.45. The van der Waals surface area contributed by atoms with Gasteiger partial charge >= 0.3 is 5.97 Å². The molecule has 0 bridgehead atoms. The lowest BCUT2D eigenvalue weighted by molar-refractivity contribution is -0.154. The van der Waals surface area contributed by atoms with E-state index in [2.05, 4.69) is 4.98 Å². The van der Waals surface area contributed by atoms with Crippen LogP contribution in [-0.2, 0) is 21.5 Å². The average molecular weight is 290 g/mol. The molecule has 0 saturated heterocycles. The second-order valence-electron chi connectivity index (χ2n) is 5.44. The summed E-state index contributed by atoms with van der Waals surface area (Å²) in [5.41, 5.74) is 0.380. The summed E-state index contributed by atoms with van der Waals surface area (Å²) in [7, 11) is 0. The van der Waals surface area contributed by atoms with Crippen molar-refractivity contribution in [3.63, 3.8) is 0 Å². The first-order valence-corrected chi connectivity index (χ1v) is 7.46. The van der Waals surface area contributed by atoms with E-state index in [1.807, 2.05) is 17.6 Å². The molecule has 1 aliphatic rings. The number of hydrogen-bond donors (Lipinski definition) is 0. The van der Waals surface area contributed by atoms with Crippen LogP contribution < -0.4 is 0 Å². The van der Waals surface area contributed by atoms with Gasteiger partial charge in [0, 0.05) is 6.54 Å². The predicted octanol–water partition coefficient (Wildman–Crippen LogP) is 3.18. The summed E-state index contributed by atoms with van der Waals surface area (Å²) in [4.78, 5) is 16.9. The van der Waals surface area contributed by atoms with Crippen molar-refractivity contribution in [3.05, 3.63) is 29.8 Å². The molecule has 2 aromatic rings. The van der Waals surface area contributed by atoms with Gasteiger partial charge in [-0.25, -0.2) is 9.37 Å². The fourth-order valence-electron chi connectivity index (χ4n) is 3.12. The lowest BCUT2D eigenvalue weighted by Gasteiger charge is -2.38. The first-order chi connectivity index (χ1) is 10.1. The van der Waals surface area contributed by atoms with Crippen LogP contribution in [0.15, 0.2) is 18.2 Å². The van der Waals surface area contributed by atoms with E-state index < -0.39 is 5.41 Å². The molecule has 0 N–H and O–H groups in total. The molecule has 0 radical (unpaired) electrons. The SMILES string of the molecule is CCOC(=O)C1(c2nc3c(F)cccc3n2CC)CCC1. The molecule has 5 heteroatoms. The van der Waals surface area contributed by atoms with Crippen LogP contribution in [0, 0.1) is 5.82 Å². The molecule has 0 unspecified atom stereocenters. The van der Waals surface area contributed by atoms with E-state index >= 15 is 0 Å². The number of fused-ring (bicyclic) bond motifs is 1. The number of halogens is 1. The van der Waals surface area contributed by atoms with Crippen LogP contribution in [0.1, 0.15) is 38.9 Å². The number of hydrogen-bond acceptors (Lipinski definition) is 3. The number of rotatable bonds is 4. The molecule has 1 saturated carbocycles. The maximum absolute atomic E-state index is 14.0. The van der Waals surface area contributed by atoms with E-state index in [1.54, 1.807) is 13.0 Å². The molecule has 112 valence electrons. The number of para-hydroxylation sites is 1. The summed E-state index contributed by atoms with van der Waals surface area (Å²) in [5.74, 6) is 0.0655. The van der Waals surface area contributed by atoms with E-state index in [-0.39, 0.29) is 11.8 Å². The number of aryl methyl sites for hydroxylation is 1. The molecule has 3 rings (SSSR count). The molecule has 0 amide bonds. The zero-order chi connectivity index (χ0) is 15.0. The van der Waals surface area contributed by atoms with Crippen molar-refractivity contribution in [3.8, 4) is 0 Å². The highest BCUT2D eigenvalue weighted by Crippen LogP contribution is 2.45. The van der Waals surface area contributed by atoms with Crippen molar-refractivity contribution < 1.29 is 13.9 Å². The second-order valence-corrected chi connectivity index (χ2v) is 5.44. The standard InChI is InChI=1S/C16H19FN2O2/c1-3-19-12-8-5-7-11(17)13(12)18-14(19)16(9-6-10-16)15(20)21-4-2/h5,7-8H,3-4,6,9-10H2,1-2H3. The lowest BCUT2D eigenvalue weighted by atomic mass is 9.68. The van der Waals surface area contributed by atoms with Gasteiger partial charge in [0.15, 0.2) is 5.82 Å². The van der Waals surface area contributed by atoms with E-state index in [0.717, 1.165) is 24.8 Å². The molecule has 1 fully saturated rings. The smallest absolute Gasteiger partial charge is 0.319 e. The zero-order valence-corrected chi connectivity index (χ0v) is 12.4. The average Bonchev–Trinajstić information content (AvgIpc) is 2.78. The molecule has 4 nitrogen and oxygen atoms in total. The van der Waals surface area contributed by atoms with Crippen molar-refractivity contribution in [2.24, 2.45) is 0 Å². The third kappa shape index (κ3) is 1.94. The summed E-state index contributed by atoms with van der Waals surface area (Å²) in [5, 5.41) is 0. The normalized spacial score (nSPS) is 16.7. The largest absolute Gasteiger partial charge is 0.465 e. The minimum absolute atomic E-state index is 0.235. The Morgan fingerprint density at radius 2 is 2.19 bits per heavy atom. The minimum atomic E-state index is -0.697. The summed E-state index contributed by atoms with van der Waals surface area (Å²) >= 11 is 0. The Morgan fingerprint density at radius 3 is 2.76 bits per heavy atom. The van der Waals surface area contributed by atoms with E-state index in [9.17, 15) is 9.18 Å². The van der Waals surface area contributed by atoms with Gasteiger partial charge in [-0.1, -0.05) is 12.5 Å². The quantitative estimate of drug-likeness (QED) is 0.812. The first kappa shape index (κ1) is 14.0. The van der Waals surface area contributed by atoms with Crippen LogP contribution in [0.5, 0.6) is 0 Å². The van der Waals surface area contributed by atoms with Gasteiger partial charge in [0.2, 0.25) is 0 Å². The number of benzene rings is 1. The van der Waals surface area contributed by atoms with E-state index in [1.165, 1.54) is 6.07 Å². The summed E-state index contributed by atoms with van der Waals surface area (Å²) in [6, 6.07) is 4.92. The number of imidazole rings is 1. The van der Waals surface area contributed by atoms with Gasteiger partial charge in [0.25, 0.3) is 0 Å². The Balaban J connectivity index is 2.19. The van der Waals surface area contributed by atoms with Crippen molar-refractivity contribution in [2.45, 2.75) is 45.1 Å². The molecule has 0 aliphatic heterocycles. The second kappa shape index (κ2) is 5.13. The minimum Gasteiger partial charge on any atom is -0.465 e. The molecule has 1 aromatic heterocycles. The molecule has 0 atom stereocenters. The molecule has 1 aromatic carbocycles. The fourth-order valence-corrected chi connectivity index (χ4v) is 3.12. The fraction of sp³-hybridized carbons (Fsp3) is 0.500. The first-order valence-electron chi connectivity index (χ1n) is 7.46. The van der Waals surface area contributed by atoms with Crippen LogP contribution in [-0.4, -0.2) is 22.1 Å². The highest BCUT2D eigenvalue weighted by atomic mass is 19.1. The third-order valence-corrected chi connectivity index (χ3v) is 4.35. The van der Waals surface area contributed by atoms with Crippen molar-refractivity contribution in [2.75, 3.05) is 6.61 Å². The zero-order valence-electron chi connectivity index (χ0n) is 12.4. The Morgan fingerprint density at radius 1 is 1.43 bits per heavy atom. The Kier molecular flexibility index (Phi) is 3.43. The number of carbonyl (C=O) groups excluding carboxylic acids is 1. The Bertz CT molecular complexity index is 689. The van der Waals surface area contributed by atoms with Crippen molar-refractivity contribution in [1.82, 2.24) is 9.55 Å². The molecule has 0 spiro atoms. The highest BCUT2D eigenvalue weighted by Gasteiger charge is 2.50. The number of nitrogens with zero attached hydrogens (tertiary/aromatic N) is 2. The van der Waals surface area contributed by atoms with Crippen LogP contribution in [0.25, 0.3) is 11.0 Å². The molecular weight excluding hydrogens is 271 g/mol. The maximum atomic E-state index is 14.0. The number of esters is 1. The molecule has 1 heterocycles. The monoisotopic (exact) mass is 290 g/mol. The Labute approximate surface area is 122 Å². The summed E-state index contributed by atoms with van der Waals surface area (Å²) in [6.45, 7) is 4.78. The van der Waals surface area contributed by atoms with Crippen LogP contribution in [0.4, 0.5) is 4.39 Å². The van der Waals surface area contributed by atoms with Gasteiger partial charge in [-0.05, 0) is 38.8 Å². The van der Waals surface area contributed by atoms with Gasteiger partial charge in [-0.2, -0.15) is 0 Å². The van der Waals surface area contributed by atoms with E-state index in [4.69, 9.17) is 4.74 Å². The molecule has 21 heavy (non-hydrogen) atoms. The number of aromatic nitrogens is 2. The van der Waals surface area contributed by atoms with Crippen LogP contribution in [0.3, 0.4) is 0 Å². The van der Waals surface area contributed by atoms with Gasteiger partial charge in [-0.3, -0.25) is 4.79 Å². The van der Waals surface area contributed by atoms with E-state index in [0.29, 0.717) is 24.5 Å². The van der Waals surface area contributed by atoms with Crippen LogP contribution in [0.2, 0.25) is 0 Å². The van der Waals surface area contributed by atoms with Gasteiger partial charge < -0.3 is 9.30 Å². The molecule has 1 aliphatic carbocycles. The number of carbonyl (C=O) groups is 1. The maximum Gasteiger partial charge on any atom is 0.319 e. The van der Waals surface area contributed by atoms with Gasteiger partial charge in [0.1, 0.15) is 16.8 Å². The molecular formula is C16H19FN2O2. The highest BCUT2D eigenvalue weighted by molar-refractivity contribution is 5.86. The van der Waals surface area contributed by atoms with Gasteiger partial charge in [0.05, 0.1) is 12.1 Å². The predicted molar refractivity (Wildman–Crippen MR) is 77.5 cm³/mol. The van der Waals surface area contributed by atoms with Crippen LogP contribution >= 0.6 is 0 Å². The summed E-state index contributed by atoms with van der Waals surface area (Å²) in [6.07, 6.45) is 2.40. The van der Waals surface area contributed by atoms with Gasteiger partial charge in [-0.15, -0.1) is 0 Å². The number of ether oxygens (including phenoxy) is 1. The van der Waals surface area contributed by atoms with Crippen molar-refractivity contribution in [1.29, 1.82) is 0 Å².